The third-order valence-electron chi connectivity index (χ3n) is 3.49. The summed E-state index contributed by atoms with van der Waals surface area (Å²) in [5.41, 5.74) is -0.480. The molecule has 0 aromatic carbocycles. The van der Waals surface area contributed by atoms with Crippen LogP contribution in [0.3, 0.4) is 0 Å². The van der Waals surface area contributed by atoms with E-state index < -0.39 is 5.60 Å². The van der Waals surface area contributed by atoms with Gasteiger partial charge in [-0.3, -0.25) is 4.99 Å². The Balaban J connectivity index is 0.00000676. The highest BCUT2D eigenvalue weighted by Gasteiger charge is 2.20. The molecular formula is C18H34IN5O2S. The predicted molar refractivity (Wildman–Crippen MR) is 123 cm³/mol. The van der Waals surface area contributed by atoms with Crippen LogP contribution in [0.15, 0.2) is 11.2 Å². The van der Waals surface area contributed by atoms with E-state index in [1.165, 1.54) is 4.88 Å². The summed E-state index contributed by atoms with van der Waals surface area (Å²) < 4.78 is 5.37. The van der Waals surface area contributed by atoms with E-state index in [4.69, 9.17) is 4.74 Å². The van der Waals surface area contributed by atoms with Crippen molar-refractivity contribution in [1.29, 1.82) is 0 Å². The number of nitrogens with one attached hydrogen (secondary N) is 2. The zero-order valence-electron chi connectivity index (χ0n) is 17.5. The summed E-state index contributed by atoms with van der Waals surface area (Å²) in [5, 5.41) is 7.60. The number of guanidine groups is 1. The van der Waals surface area contributed by atoms with Gasteiger partial charge in [-0.2, -0.15) is 0 Å². The molecule has 0 saturated heterocycles. The Morgan fingerprint density at radius 3 is 2.59 bits per heavy atom. The van der Waals surface area contributed by atoms with Gasteiger partial charge in [-0.05, 0) is 33.1 Å². The van der Waals surface area contributed by atoms with Gasteiger partial charge < -0.3 is 20.3 Å². The van der Waals surface area contributed by atoms with Crippen LogP contribution in [0.4, 0.5) is 4.79 Å². The second kappa shape index (κ2) is 12.4. The zero-order chi connectivity index (χ0) is 19.7. The quantitative estimate of drug-likeness (QED) is 0.333. The maximum Gasteiger partial charge on any atom is 0.410 e. The van der Waals surface area contributed by atoms with Crippen LogP contribution in [0.25, 0.3) is 0 Å². The molecule has 156 valence electrons. The molecule has 9 heteroatoms. The van der Waals surface area contributed by atoms with Crippen LogP contribution in [0.2, 0.25) is 0 Å². The smallest absolute Gasteiger partial charge is 0.410 e. The summed E-state index contributed by atoms with van der Waals surface area (Å²) >= 11 is 1.71. The number of aryl methyl sites for hydroxylation is 1. The van der Waals surface area contributed by atoms with E-state index in [2.05, 4.69) is 34.5 Å². The number of carbonyl (C=O) groups excluding carboxylic acids is 1. The van der Waals surface area contributed by atoms with E-state index in [9.17, 15) is 4.79 Å². The van der Waals surface area contributed by atoms with Crippen molar-refractivity contribution in [1.82, 2.24) is 20.5 Å². The van der Waals surface area contributed by atoms with E-state index in [0.717, 1.165) is 17.4 Å². The van der Waals surface area contributed by atoms with Crippen molar-refractivity contribution in [2.24, 2.45) is 10.9 Å². The van der Waals surface area contributed by atoms with Crippen LogP contribution in [-0.2, 0) is 17.7 Å². The van der Waals surface area contributed by atoms with Crippen molar-refractivity contribution >= 4 is 47.4 Å². The topological polar surface area (TPSA) is 78.9 Å². The minimum absolute atomic E-state index is 0. The highest BCUT2D eigenvalue weighted by Crippen LogP contribution is 2.13. The van der Waals surface area contributed by atoms with E-state index in [0.29, 0.717) is 19.6 Å². The van der Waals surface area contributed by atoms with Crippen molar-refractivity contribution < 1.29 is 9.53 Å². The first-order valence-electron chi connectivity index (χ1n) is 8.96. The van der Waals surface area contributed by atoms with Gasteiger partial charge in [0.25, 0.3) is 0 Å². The first kappa shape index (κ1) is 25.9. The normalized spacial score (nSPS) is 12.8. The largest absolute Gasteiger partial charge is 0.444 e. The molecule has 0 aliphatic rings. The summed E-state index contributed by atoms with van der Waals surface area (Å²) in [6.07, 6.45) is 2.63. The van der Waals surface area contributed by atoms with Gasteiger partial charge in [-0.1, -0.05) is 13.8 Å². The number of aromatic nitrogens is 1. The molecule has 0 aliphatic heterocycles. The zero-order valence-corrected chi connectivity index (χ0v) is 20.6. The first-order valence-corrected chi connectivity index (χ1v) is 9.78. The molecule has 1 rings (SSSR count). The molecule has 0 aliphatic carbocycles. The Morgan fingerprint density at radius 1 is 1.41 bits per heavy atom. The number of carbonyl (C=O) groups is 1. The van der Waals surface area contributed by atoms with Crippen molar-refractivity contribution in [3.8, 4) is 0 Å². The summed E-state index contributed by atoms with van der Waals surface area (Å²) in [6.45, 7) is 11.8. The first-order chi connectivity index (χ1) is 12.1. The number of halogens is 1. The van der Waals surface area contributed by atoms with Crippen molar-refractivity contribution in [3.63, 3.8) is 0 Å². The van der Waals surface area contributed by atoms with Gasteiger partial charge in [-0.15, -0.1) is 35.3 Å². The van der Waals surface area contributed by atoms with Crippen molar-refractivity contribution in [2.75, 3.05) is 27.2 Å². The van der Waals surface area contributed by atoms with E-state index >= 15 is 0 Å². The molecular weight excluding hydrogens is 477 g/mol. The van der Waals surface area contributed by atoms with Crippen LogP contribution >= 0.6 is 35.3 Å². The Morgan fingerprint density at radius 2 is 2.07 bits per heavy atom. The van der Waals surface area contributed by atoms with Gasteiger partial charge in [0.15, 0.2) is 5.96 Å². The minimum atomic E-state index is -0.480. The highest BCUT2D eigenvalue weighted by molar-refractivity contribution is 14.0. The molecule has 1 aromatic heterocycles. The lowest BCUT2D eigenvalue weighted by atomic mass is 10.1. The molecule has 1 unspecified atom stereocenters. The molecule has 7 nitrogen and oxygen atoms in total. The molecule has 0 radical (unpaired) electrons. The second-order valence-corrected chi connectivity index (χ2v) is 8.55. The number of thiazole rings is 1. The Kier molecular flexibility index (Phi) is 11.9. The molecule has 1 aromatic rings. The lowest BCUT2D eigenvalue weighted by Gasteiger charge is -2.26. The van der Waals surface area contributed by atoms with Crippen LogP contribution in [0.1, 0.15) is 44.5 Å². The van der Waals surface area contributed by atoms with Gasteiger partial charge >= 0.3 is 6.09 Å². The monoisotopic (exact) mass is 511 g/mol. The summed E-state index contributed by atoms with van der Waals surface area (Å²) in [7, 11) is 3.50. The molecule has 0 bridgehead atoms. The molecule has 27 heavy (non-hydrogen) atoms. The molecule has 0 fully saturated rings. The number of hydrogen-bond donors (Lipinski definition) is 2. The molecule has 1 amide bonds. The van der Waals surface area contributed by atoms with Gasteiger partial charge in [0.05, 0.1) is 6.54 Å². The van der Waals surface area contributed by atoms with Gasteiger partial charge in [0, 0.05) is 38.3 Å². The number of nitrogens with zero attached hydrogens (tertiary/aromatic N) is 3. The summed E-state index contributed by atoms with van der Waals surface area (Å²) in [6, 6.07) is 0. The van der Waals surface area contributed by atoms with Crippen LogP contribution in [0.5, 0.6) is 0 Å². The Hall–Kier alpha value is -1.10. The fraction of sp³-hybridized carbons (Fsp3) is 0.722. The highest BCUT2D eigenvalue weighted by atomic mass is 127. The van der Waals surface area contributed by atoms with Crippen molar-refractivity contribution in [3.05, 3.63) is 16.1 Å². The third kappa shape index (κ3) is 10.7. The number of hydrogen-bond acceptors (Lipinski definition) is 5. The Labute approximate surface area is 184 Å². The van der Waals surface area contributed by atoms with E-state index in [1.54, 1.807) is 30.3 Å². The van der Waals surface area contributed by atoms with E-state index in [-0.39, 0.29) is 36.0 Å². The second-order valence-electron chi connectivity index (χ2n) is 7.35. The number of amides is 1. The maximum absolute atomic E-state index is 12.0. The fourth-order valence-corrected chi connectivity index (χ4v) is 2.99. The number of ether oxygens (including phenoxy) is 1. The molecule has 0 saturated carbocycles. The van der Waals surface area contributed by atoms with Gasteiger partial charge in [0.2, 0.25) is 0 Å². The van der Waals surface area contributed by atoms with Crippen LogP contribution in [-0.4, -0.2) is 54.7 Å². The minimum Gasteiger partial charge on any atom is -0.444 e. The summed E-state index contributed by atoms with van der Waals surface area (Å²) in [4.78, 5) is 23.5. The molecule has 0 spiro atoms. The SMILES string of the molecule is CCc1cnc(CNC(=NC)NCC(C)CN(C)C(=O)OC(C)(C)C)s1.I. The molecule has 1 atom stereocenters. The summed E-state index contributed by atoms with van der Waals surface area (Å²) in [5.74, 6) is 0.975. The van der Waals surface area contributed by atoms with Crippen LogP contribution < -0.4 is 10.6 Å². The molecule has 1 heterocycles. The molecule has 2 N–H and O–H groups in total. The van der Waals surface area contributed by atoms with Gasteiger partial charge in [0.1, 0.15) is 10.6 Å². The van der Waals surface area contributed by atoms with E-state index in [1.807, 2.05) is 27.0 Å². The van der Waals surface area contributed by atoms with Crippen molar-refractivity contribution in [2.45, 2.75) is 53.2 Å². The Bertz CT molecular complexity index is 601. The maximum atomic E-state index is 12.0. The number of rotatable bonds is 7. The lowest BCUT2D eigenvalue weighted by Crippen LogP contribution is -2.42. The number of aliphatic imine (C=N–C) groups is 1. The van der Waals surface area contributed by atoms with Gasteiger partial charge in [-0.25, -0.2) is 9.78 Å². The predicted octanol–water partition coefficient (Wildman–Crippen LogP) is 3.49. The fourth-order valence-electron chi connectivity index (χ4n) is 2.19. The van der Waals surface area contributed by atoms with Crippen LogP contribution in [0, 0.1) is 5.92 Å². The third-order valence-corrected chi connectivity index (χ3v) is 4.63. The average molecular weight is 511 g/mol. The average Bonchev–Trinajstić information content (AvgIpc) is 3.01. The standard InChI is InChI=1S/C18H33N5O2S.HI/c1-8-14-10-20-15(26-14)11-22-16(19-6)21-9-13(2)12-23(7)17(24)25-18(3,4)5;/h10,13H,8-9,11-12H2,1-7H3,(H2,19,21,22);1H. The lowest BCUT2D eigenvalue weighted by molar-refractivity contribution is 0.0278.